The second-order valence-electron chi connectivity index (χ2n) is 4.03. The first-order valence-corrected chi connectivity index (χ1v) is 6.27. The van der Waals surface area contributed by atoms with Gasteiger partial charge in [0.2, 0.25) is 0 Å². The van der Waals surface area contributed by atoms with E-state index in [0.29, 0.717) is 11.8 Å². The van der Waals surface area contributed by atoms with Gasteiger partial charge in [-0.3, -0.25) is 0 Å². The van der Waals surface area contributed by atoms with Crippen LogP contribution in [0.1, 0.15) is 0 Å². The van der Waals surface area contributed by atoms with E-state index in [0.717, 1.165) is 24.6 Å². The first-order valence-electron chi connectivity index (χ1n) is 4.42. The zero-order valence-electron chi connectivity index (χ0n) is 7.69. The van der Waals surface area contributed by atoms with Crippen LogP contribution >= 0.6 is 0 Å². The Kier molecular flexibility index (Phi) is 1.92. The molecule has 0 bridgehead atoms. The van der Waals surface area contributed by atoms with Gasteiger partial charge in [0, 0.05) is 41.4 Å². The Labute approximate surface area is 74.3 Å². The van der Waals surface area contributed by atoms with Gasteiger partial charge in [-0.2, -0.15) is 0 Å². The van der Waals surface area contributed by atoms with Gasteiger partial charge in [0.15, 0.2) is 0 Å². The van der Waals surface area contributed by atoms with Crippen molar-refractivity contribution in [2.24, 2.45) is 16.2 Å². The van der Waals surface area contributed by atoms with Crippen molar-refractivity contribution in [1.82, 2.24) is 4.90 Å². The minimum atomic E-state index is -1.78. The van der Waals surface area contributed by atoms with Crippen LogP contribution < -0.4 is 0 Å². The Morgan fingerprint density at radius 2 is 1.83 bits per heavy atom. The molecule has 0 aromatic heterocycles. The molecule has 2 aliphatic heterocycles. The van der Waals surface area contributed by atoms with Gasteiger partial charge in [-0.25, -0.2) is 8.57 Å². The van der Waals surface area contributed by atoms with Crippen LogP contribution in [0.25, 0.3) is 0 Å². The smallest absolute Gasteiger partial charge is 0.0471 e. The third-order valence-corrected chi connectivity index (χ3v) is 5.60. The summed E-state index contributed by atoms with van der Waals surface area (Å²) in [4.78, 5) is 2.34. The molecule has 12 heavy (non-hydrogen) atoms. The molecule has 0 saturated carbocycles. The summed E-state index contributed by atoms with van der Waals surface area (Å²) in [5.74, 6) is 3.01. The zero-order chi connectivity index (χ0) is 8.77. The highest BCUT2D eigenvalue weighted by atomic mass is 32.2. The minimum Gasteiger partial charge on any atom is -0.306 e. The molecule has 0 aromatic carbocycles. The van der Waals surface area contributed by atoms with E-state index in [9.17, 15) is 4.21 Å². The Balaban J connectivity index is 2.17. The molecule has 2 saturated heterocycles. The predicted molar refractivity (Wildman–Crippen MR) is 50.7 cm³/mol. The second-order valence-corrected chi connectivity index (χ2v) is 6.61. The Morgan fingerprint density at radius 3 is 2.25 bits per heavy atom. The van der Waals surface area contributed by atoms with Crippen LogP contribution in [0.3, 0.4) is 0 Å². The number of rotatable bonds is 0. The molecular weight excluding hydrogens is 172 g/mol. The van der Waals surface area contributed by atoms with Gasteiger partial charge in [0.1, 0.15) is 0 Å². The summed E-state index contributed by atoms with van der Waals surface area (Å²) in [5.41, 5.74) is 0. The molecule has 0 spiro atoms. The maximum Gasteiger partial charge on any atom is 0.0471 e. The minimum absolute atomic E-state index is 0.659. The first kappa shape index (κ1) is 8.51. The van der Waals surface area contributed by atoms with Gasteiger partial charge in [-0.1, -0.05) is 0 Å². The highest BCUT2D eigenvalue weighted by molar-refractivity contribution is 7.93. The Morgan fingerprint density at radius 1 is 1.33 bits per heavy atom. The van der Waals surface area contributed by atoms with Crippen LogP contribution in [-0.2, 0) is 9.73 Å². The molecule has 0 radical (unpaired) electrons. The maximum atomic E-state index is 11.9. The lowest BCUT2D eigenvalue weighted by Gasteiger charge is -2.09. The molecule has 3 nitrogen and oxygen atoms in total. The SMILES string of the molecule is CN=S1(=O)CC2CN(C)CC2C1. The van der Waals surface area contributed by atoms with Crippen LogP contribution in [0.15, 0.2) is 4.36 Å². The van der Waals surface area contributed by atoms with E-state index >= 15 is 0 Å². The molecule has 0 aromatic rings. The van der Waals surface area contributed by atoms with E-state index in [2.05, 4.69) is 16.3 Å². The molecule has 2 rings (SSSR count). The third kappa shape index (κ3) is 1.27. The van der Waals surface area contributed by atoms with Crippen molar-refractivity contribution in [1.29, 1.82) is 0 Å². The quantitative estimate of drug-likeness (QED) is 0.547. The number of nitrogens with zero attached hydrogens (tertiary/aromatic N) is 2. The van der Waals surface area contributed by atoms with Crippen LogP contribution in [-0.4, -0.2) is 47.8 Å². The fourth-order valence-corrected chi connectivity index (χ4v) is 4.96. The van der Waals surface area contributed by atoms with Gasteiger partial charge in [-0.15, -0.1) is 0 Å². The lowest BCUT2D eigenvalue weighted by atomic mass is 10.0. The normalized spacial score (nSPS) is 47.8. The molecule has 0 amide bonds. The van der Waals surface area contributed by atoms with Crippen molar-refractivity contribution in [2.45, 2.75) is 0 Å². The molecule has 0 N–H and O–H groups in total. The predicted octanol–water partition coefficient (Wildman–Crippen LogP) is 0.276. The highest BCUT2D eigenvalue weighted by Crippen LogP contribution is 2.32. The summed E-state index contributed by atoms with van der Waals surface area (Å²) >= 11 is 0. The lowest BCUT2D eigenvalue weighted by molar-refractivity contribution is 0.397. The molecular formula is C8H16N2OS. The van der Waals surface area contributed by atoms with E-state index in [1.807, 2.05) is 0 Å². The topological polar surface area (TPSA) is 32.7 Å². The van der Waals surface area contributed by atoms with Crippen molar-refractivity contribution >= 4 is 9.73 Å². The number of hydrogen-bond acceptors (Lipinski definition) is 3. The van der Waals surface area contributed by atoms with Crippen molar-refractivity contribution in [3.8, 4) is 0 Å². The van der Waals surface area contributed by atoms with Crippen LogP contribution in [0.2, 0.25) is 0 Å². The Hall–Kier alpha value is -0.0900. The molecule has 2 unspecified atom stereocenters. The van der Waals surface area contributed by atoms with E-state index in [4.69, 9.17) is 0 Å². The monoisotopic (exact) mass is 188 g/mol. The van der Waals surface area contributed by atoms with Crippen molar-refractivity contribution in [3.05, 3.63) is 0 Å². The zero-order valence-corrected chi connectivity index (χ0v) is 8.51. The molecule has 4 heteroatoms. The first-order chi connectivity index (χ1) is 5.63. The second kappa shape index (κ2) is 2.70. The van der Waals surface area contributed by atoms with Gasteiger partial charge in [-0.05, 0) is 18.9 Å². The average Bonchev–Trinajstić information content (AvgIpc) is 2.42. The van der Waals surface area contributed by atoms with Gasteiger partial charge in [0.05, 0.1) is 0 Å². The van der Waals surface area contributed by atoms with E-state index in [1.54, 1.807) is 7.05 Å². The number of likely N-dealkylation sites (tertiary alicyclic amines) is 1. The molecule has 70 valence electrons. The van der Waals surface area contributed by atoms with Gasteiger partial charge >= 0.3 is 0 Å². The fraction of sp³-hybridized carbons (Fsp3) is 1.00. The molecule has 0 aliphatic carbocycles. The van der Waals surface area contributed by atoms with Crippen molar-refractivity contribution in [2.75, 3.05) is 38.7 Å². The highest BCUT2D eigenvalue weighted by Gasteiger charge is 2.40. The van der Waals surface area contributed by atoms with Crippen molar-refractivity contribution in [3.63, 3.8) is 0 Å². The summed E-state index contributed by atoms with van der Waals surface area (Å²) in [6, 6.07) is 0. The summed E-state index contributed by atoms with van der Waals surface area (Å²) in [6.07, 6.45) is 0. The lowest BCUT2D eigenvalue weighted by Crippen LogP contribution is -2.19. The van der Waals surface area contributed by atoms with Gasteiger partial charge < -0.3 is 4.90 Å². The summed E-state index contributed by atoms with van der Waals surface area (Å²) in [6.45, 7) is 2.24. The van der Waals surface area contributed by atoms with E-state index in [1.165, 1.54) is 0 Å². The third-order valence-electron chi connectivity index (χ3n) is 3.04. The van der Waals surface area contributed by atoms with Crippen LogP contribution in [0.4, 0.5) is 0 Å². The van der Waals surface area contributed by atoms with Gasteiger partial charge in [0.25, 0.3) is 0 Å². The number of fused-ring (bicyclic) bond motifs is 1. The largest absolute Gasteiger partial charge is 0.306 e. The van der Waals surface area contributed by atoms with Crippen LogP contribution in [0.5, 0.6) is 0 Å². The average molecular weight is 188 g/mol. The molecule has 2 atom stereocenters. The van der Waals surface area contributed by atoms with E-state index in [-0.39, 0.29) is 0 Å². The Bertz CT molecular complexity index is 273. The molecule has 2 aliphatic rings. The maximum absolute atomic E-state index is 11.9. The number of hydrogen-bond donors (Lipinski definition) is 0. The molecule has 2 heterocycles. The summed E-state index contributed by atoms with van der Waals surface area (Å²) in [5, 5.41) is 0. The van der Waals surface area contributed by atoms with Crippen LogP contribution in [0, 0.1) is 11.8 Å². The molecule has 2 fully saturated rings. The fourth-order valence-electron chi connectivity index (χ4n) is 2.44. The standard InChI is InChI=1S/C8H16N2OS/c1-9-12(11)5-7-3-10(2)4-8(7)6-12/h7-8H,3-6H2,1-2H3. The van der Waals surface area contributed by atoms with E-state index < -0.39 is 9.73 Å². The summed E-state index contributed by atoms with van der Waals surface area (Å²) in [7, 11) is 2.07. The van der Waals surface area contributed by atoms with Crippen molar-refractivity contribution < 1.29 is 4.21 Å². The summed E-state index contributed by atoms with van der Waals surface area (Å²) < 4.78 is 15.9.